The smallest absolute Gasteiger partial charge is 0.304 e. The molecule has 0 amide bonds. The second-order valence-electron chi connectivity index (χ2n) is 3.70. The molecule has 0 radical (unpaired) electrons. The van der Waals surface area contributed by atoms with Crippen LogP contribution in [0.1, 0.15) is 25.0 Å². The third-order valence-electron chi connectivity index (χ3n) is 2.44. The van der Waals surface area contributed by atoms with Crippen molar-refractivity contribution in [2.45, 2.75) is 19.5 Å². The Balaban J connectivity index is 3.17. The van der Waals surface area contributed by atoms with E-state index in [1.54, 1.807) is 0 Å². The van der Waals surface area contributed by atoms with E-state index >= 15 is 0 Å². The molecular formula is C13H17F2O3P. The molecule has 19 heavy (non-hydrogen) atoms. The monoisotopic (exact) mass is 290 g/mol. The average Bonchev–Trinajstić information content (AvgIpc) is 2.39. The maximum Gasteiger partial charge on any atom is 0.404 e. The molecule has 0 bridgehead atoms. The minimum atomic E-state index is -4.53. The van der Waals surface area contributed by atoms with E-state index in [0.717, 1.165) is 0 Å². The largest absolute Gasteiger partial charge is 0.404 e. The summed E-state index contributed by atoms with van der Waals surface area (Å²) < 4.78 is 50.1. The van der Waals surface area contributed by atoms with E-state index in [2.05, 4.69) is 6.58 Å². The molecule has 3 nitrogen and oxygen atoms in total. The highest BCUT2D eigenvalue weighted by Gasteiger charge is 2.54. The first-order valence-corrected chi connectivity index (χ1v) is 7.45. The molecule has 0 N–H and O–H groups in total. The Kier molecular flexibility index (Phi) is 5.41. The minimum absolute atomic E-state index is 0.113. The predicted molar refractivity (Wildman–Crippen MR) is 71.3 cm³/mol. The number of halogens is 2. The Hall–Kier alpha value is -1.03. The molecule has 106 valence electrons. The van der Waals surface area contributed by atoms with Crippen LogP contribution in [-0.4, -0.2) is 13.2 Å². The van der Waals surface area contributed by atoms with Gasteiger partial charge in [-0.05, 0) is 19.4 Å². The van der Waals surface area contributed by atoms with Crippen LogP contribution in [-0.2, 0) is 19.3 Å². The molecular weight excluding hydrogens is 273 g/mol. The van der Waals surface area contributed by atoms with Gasteiger partial charge in [-0.3, -0.25) is 4.57 Å². The van der Waals surface area contributed by atoms with Gasteiger partial charge in [0.25, 0.3) is 0 Å². The summed E-state index contributed by atoms with van der Waals surface area (Å²) in [6.45, 7) is 6.29. The molecule has 0 fully saturated rings. The quantitative estimate of drug-likeness (QED) is 0.686. The fourth-order valence-electron chi connectivity index (χ4n) is 1.52. The molecule has 1 rings (SSSR count). The molecule has 1 aromatic rings. The highest BCUT2D eigenvalue weighted by Crippen LogP contribution is 2.66. The first-order chi connectivity index (χ1) is 8.91. The van der Waals surface area contributed by atoms with Crippen molar-refractivity contribution in [3.8, 4) is 0 Å². The zero-order valence-electron chi connectivity index (χ0n) is 10.9. The van der Waals surface area contributed by atoms with Gasteiger partial charge in [0, 0.05) is 5.56 Å². The zero-order valence-corrected chi connectivity index (χ0v) is 11.8. The molecule has 0 aromatic heterocycles. The summed E-state index contributed by atoms with van der Waals surface area (Å²) in [5.74, 6) is 0. The van der Waals surface area contributed by atoms with Crippen LogP contribution < -0.4 is 0 Å². The Morgan fingerprint density at radius 2 is 1.68 bits per heavy atom. The van der Waals surface area contributed by atoms with Gasteiger partial charge in [0.2, 0.25) is 0 Å². The lowest BCUT2D eigenvalue weighted by molar-refractivity contribution is 0.0360. The Morgan fingerprint density at radius 1 is 1.21 bits per heavy atom. The molecule has 0 heterocycles. The molecule has 0 saturated heterocycles. The number of benzene rings is 1. The second kappa shape index (κ2) is 6.42. The molecule has 1 aromatic carbocycles. The van der Waals surface area contributed by atoms with Gasteiger partial charge >= 0.3 is 13.3 Å². The lowest BCUT2D eigenvalue weighted by Crippen LogP contribution is -2.18. The normalized spacial score (nSPS) is 12.4. The Bertz CT molecular complexity index is 461. The van der Waals surface area contributed by atoms with E-state index < -0.39 is 18.8 Å². The van der Waals surface area contributed by atoms with Crippen molar-refractivity contribution in [2.75, 3.05) is 13.2 Å². The summed E-state index contributed by atoms with van der Waals surface area (Å²) in [7, 11) is -4.53. The predicted octanol–water partition coefficient (Wildman–Crippen LogP) is 4.65. The summed E-state index contributed by atoms with van der Waals surface area (Å²) in [6.07, 6.45) is 1.53. The van der Waals surface area contributed by atoms with Crippen molar-refractivity contribution >= 4 is 13.7 Å². The van der Waals surface area contributed by atoms with Crippen molar-refractivity contribution < 1.29 is 22.4 Å². The van der Waals surface area contributed by atoms with E-state index in [-0.39, 0.29) is 13.2 Å². The number of alkyl halides is 2. The topological polar surface area (TPSA) is 35.5 Å². The highest BCUT2D eigenvalue weighted by atomic mass is 31.2. The van der Waals surface area contributed by atoms with Crippen LogP contribution in [0.4, 0.5) is 8.78 Å². The Labute approximate surface area is 111 Å². The molecule has 0 spiro atoms. The SMILES string of the molecule is C=Cc1ccc(C(F)(F)P(=O)(OCC)OCC)cc1. The van der Waals surface area contributed by atoms with Crippen molar-refractivity contribution in [1.29, 1.82) is 0 Å². The van der Waals surface area contributed by atoms with Gasteiger partial charge < -0.3 is 9.05 Å². The van der Waals surface area contributed by atoms with E-state index in [1.165, 1.54) is 44.2 Å². The maximum absolute atomic E-state index is 14.3. The molecule has 0 aliphatic rings. The summed E-state index contributed by atoms with van der Waals surface area (Å²) in [4.78, 5) is 0. The highest BCUT2D eigenvalue weighted by molar-refractivity contribution is 7.54. The van der Waals surface area contributed by atoms with Crippen LogP contribution in [0.15, 0.2) is 30.8 Å². The van der Waals surface area contributed by atoms with Gasteiger partial charge in [0.05, 0.1) is 13.2 Å². The van der Waals surface area contributed by atoms with Gasteiger partial charge in [-0.15, -0.1) is 0 Å². The van der Waals surface area contributed by atoms with Crippen LogP contribution in [0.3, 0.4) is 0 Å². The average molecular weight is 290 g/mol. The van der Waals surface area contributed by atoms with Crippen molar-refractivity contribution in [3.05, 3.63) is 42.0 Å². The molecule has 0 saturated carbocycles. The second-order valence-corrected chi connectivity index (χ2v) is 5.77. The van der Waals surface area contributed by atoms with Crippen LogP contribution in [0.2, 0.25) is 0 Å². The van der Waals surface area contributed by atoms with E-state index in [1.807, 2.05) is 0 Å². The Morgan fingerprint density at radius 3 is 2.05 bits per heavy atom. The van der Waals surface area contributed by atoms with Gasteiger partial charge in [-0.25, -0.2) is 0 Å². The standard InChI is InChI=1S/C13H17F2O3P/c1-4-11-7-9-12(10-8-11)13(14,15)19(16,17-5-2)18-6-3/h4,7-10H,1,5-6H2,2-3H3. The van der Waals surface area contributed by atoms with Crippen LogP contribution in [0.5, 0.6) is 0 Å². The lowest BCUT2D eigenvalue weighted by Gasteiger charge is -2.25. The van der Waals surface area contributed by atoms with Crippen molar-refractivity contribution in [3.63, 3.8) is 0 Å². The maximum atomic E-state index is 14.3. The third kappa shape index (κ3) is 3.30. The van der Waals surface area contributed by atoms with E-state index in [0.29, 0.717) is 5.56 Å². The van der Waals surface area contributed by atoms with E-state index in [9.17, 15) is 13.3 Å². The fourth-order valence-corrected chi connectivity index (χ4v) is 3.06. The lowest BCUT2D eigenvalue weighted by atomic mass is 10.1. The number of hydrogen-bond donors (Lipinski definition) is 0. The molecule has 0 unspecified atom stereocenters. The van der Waals surface area contributed by atoms with Gasteiger partial charge in [0.1, 0.15) is 0 Å². The summed E-state index contributed by atoms with van der Waals surface area (Å²) >= 11 is 0. The van der Waals surface area contributed by atoms with Gasteiger partial charge in [0.15, 0.2) is 0 Å². The summed E-state index contributed by atoms with van der Waals surface area (Å²) in [5, 5.41) is 0. The molecule has 0 atom stereocenters. The van der Waals surface area contributed by atoms with Gasteiger partial charge in [-0.2, -0.15) is 8.78 Å². The molecule has 0 aliphatic carbocycles. The summed E-state index contributed by atoms with van der Waals surface area (Å²) in [5.41, 5.74) is -3.39. The van der Waals surface area contributed by atoms with Crippen LogP contribution in [0.25, 0.3) is 6.08 Å². The molecule has 0 aliphatic heterocycles. The van der Waals surface area contributed by atoms with Crippen LogP contribution in [0, 0.1) is 0 Å². The first kappa shape index (κ1) is 16.0. The first-order valence-electron chi connectivity index (χ1n) is 5.91. The number of hydrogen-bond acceptors (Lipinski definition) is 3. The van der Waals surface area contributed by atoms with Crippen LogP contribution >= 0.6 is 7.60 Å². The number of rotatable bonds is 7. The zero-order chi connectivity index (χ0) is 14.5. The van der Waals surface area contributed by atoms with E-state index in [4.69, 9.17) is 9.05 Å². The van der Waals surface area contributed by atoms with Crippen molar-refractivity contribution in [1.82, 2.24) is 0 Å². The fraction of sp³-hybridized carbons (Fsp3) is 0.385. The van der Waals surface area contributed by atoms with Gasteiger partial charge in [-0.1, -0.05) is 36.9 Å². The third-order valence-corrected chi connectivity index (χ3v) is 4.58. The summed E-state index contributed by atoms with van der Waals surface area (Å²) in [6, 6.07) is 5.33. The van der Waals surface area contributed by atoms with Crippen molar-refractivity contribution in [2.24, 2.45) is 0 Å². The minimum Gasteiger partial charge on any atom is -0.304 e. The molecule has 6 heteroatoms.